The highest BCUT2D eigenvalue weighted by atomic mass is 35.5. The second kappa shape index (κ2) is 11.1. The summed E-state index contributed by atoms with van der Waals surface area (Å²) in [5.74, 6) is 0.868. The average molecular weight is 607 g/mol. The number of benzene rings is 1. The number of amidine groups is 1. The Labute approximate surface area is 254 Å². The Morgan fingerprint density at radius 1 is 0.976 bits per heavy atom. The molecular formula is C30H44BClN2O6S. The van der Waals surface area contributed by atoms with E-state index >= 15 is 0 Å². The zero-order chi connectivity index (χ0) is 30.6. The van der Waals surface area contributed by atoms with Crippen LogP contribution >= 0.6 is 23.4 Å². The van der Waals surface area contributed by atoms with Gasteiger partial charge in [-0.1, -0.05) is 42.3 Å². The van der Waals surface area contributed by atoms with Gasteiger partial charge in [0.25, 0.3) is 0 Å². The zero-order valence-corrected chi connectivity index (χ0v) is 27.6. The van der Waals surface area contributed by atoms with Gasteiger partial charge in [0.05, 0.1) is 16.7 Å². The van der Waals surface area contributed by atoms with E-state index in [1.807, 2.05) is 39.8 Å². The first-order valence-corrected chi connectivity index (χ1v) is 15.7. The fourth-order valence-corrected chi connectivity index (χ4v) is 6.90. The number of nitrogens with zero attached hydrogens (tertiary/aromatic N) is 2. The third kappa shape index (κ3) is 6.92. The van der Waals surface area contributed by atoms with Crippen LogP contribution in [0.1, 0.15) is 100 Å². The first-order chi connectivity index (χ1) is 18.7. The van der Waals surface area contributed by atoms with E-state index in [0.717, 1.165) is 41.6 Å². The molecule has 4 rings (SSSR count). The minimum Gasteiger partial charge on any atom is -0.443 e. The number of aliphatic imine (C=N–C) groups is 1. The average Bonchev–Trinajstić information content (AvgIpc) is 3.03. The molecule has 0 bridgehead atoms. The molecular weight excluding hydrogens is 563 g/mol. The van der Waals surface area contributed by atoms with Gasteiger partial charge in [0.15, 0.2) is 5.17 Å². The van der Waals surface area contributed by atoms with Crippen molar-refractivity contribution in [3.63, 3.8) is 0 Å². The SMILES string of the molecule is CC(C)(C)OC(=O)N(C(=O)OC(C)(C)C)C1=N[C@@]2(c3cc(Cl)cc(B4OC(C)(C)C(C)(C)O4)c3)CCCC[C@H]2CS1. The number of hydrogen-bond acceptors (Lipinski definition) is 8. The smallest absolute Gasteiger partial charge is 0.443 e. The summed E-state index contributed by atoms with van der Waals surface area (Å²) in [6.07, 6.45) is 2.14. The number of fused-ring (bicyclic) bond motifs is 1. The summed E-state index contributed by atoms with van der Waals surface area (Å²) in [5, 5.41) is 0.820. The van der Waals surface area contributed by atoms with E-state index < -0.39 is 47.2 Å². The van der Waals surface area contributed by atoms with E-state index in [4.69, 9.17) is 35.4 Å². The monoisotopic (exact) mass is 606 g/mol. The molecule has 226 valence electrons. The molecule has 0 N–H and O–H groups in total. The van der Waals surface area contributed by atoms with Crippen LogP contribution in [0.2, 0.25) is 5.02 Å². The molecule has 0 aromatic heterocycles. The molecule has 1 saturated carbocycles. The molecule has 2 amide bonds. The highest BCUT2D eigenvalue weighted by Gasteiger charge is 2.53. The molecule has 41 heavy (non-hydrogen) atoms. The van der Waals surface area contributed by atoms with Crippen molar-refractivity contribution in [3.05, 3.63) is 28.8 Å². The largest absolute Gasteiger partial charge is 0.494 e. The highest BCUT2D eigenvalue weighted by molar-refractivity contribution is 8.13. The lowest BCUT2D eigenvalue weighted by Gasteiger charge is -2.45. The van der Waals surface area contributed by atoms with Crippen molar-refractivity contribution in [1.82, 2.24) is 4.90 Å². The third-order valence-corrected chi connectivity index (χ3v) is 9.35. The Balaban J connectivity index is 1.81. The lowest BCUT2D eigenvalue weighted by atomic mass is 9.68. The molecule has 2 heterocycles. The van der Waals surface area contributed by atoms with Gasteiger partial charge in [-0.25, -0.2) is 14.6 Å². The number of thioether (sulfide) groups is 1. The van der Waals surface area contributed by atoms with Crippen molar-refractivity contribution in [2.24, 2.45) is 10.9 Å². The Bertz CT molecular complexity index is 1180. The van der Waals surface area contributed by atoms with Crippen LogP contribution in [-0.2, 0) is 24.3 Å². The number of hydrogen-bond donors (Lipinski definition) is 0. The van der Waals surface area contributed by atoms with Crippen molar-refractivity contribution in [1.29, 1.82) is 0 Å². The van der Waals surface area contributed by atoms with Gasteiger partial charge in [-0.3, -0.25) is 0 Å². The molecule has 2 fully saturated rings. The second-order valence-corrected chi connectivity index (χ2v) is 15.7. The number of ether oxygens (including phenoxy) is 2. The van der Waals surface area contributed by atoms with Gasteiger partial charge in [-0.05, 0) is 111 Å². The standard InChI is InChI=1S/C30H44BClN2O6S/c1-26(2,3)37-24(35)34(25(36)38-27(4,5)6)23-33-30(14-12-11-13-19(30)18-41-23)20-15-21(17-22(32)16-20)31-39-28(7,8)29(9,10)40-31/h15-17,19H,11-14,18H2,1-10H3/t19-,30-/m0/s1. The summed E-state index contributed by atoms with van der Waals surface area (Å²) in [4.78, 5) is 33.1. The maximum Gasteiger partial charge on any atom is 0.494 e. The summed E-state index contributed by atoms with van der Waals surface area (Å²) in [5.41, 5.74) is -1.58. The minimum absolute atomic E-state index is 0.189. The minimum atomic E-state index is -0.814. The molecule has 2 aliphatic heterocycles. The van der Waals surface area contributed by atoms with E-state index in [1.54, 1.807) is 41.5 Å². The van der Waals surface area contributed by atoms with Crippen molar-refractivity contribution < 1.29 is 28.4 Å². The maximum atomic E-state index is 13.4. The van der Waals surface area contributed by atoms with Crippen LogP contribution in [0.4, 0.5) is 9.59 Å². The van der Waals surface area contributed by atoms with Crippen LogP contribution in [0.25, 0.3) is 0 Å². The van der Waals surface area contributed by atoms with Gasteiger partial charge in [0, 0.05) is 10.8 Å². The Hall–Kier alpha value is -1.75. The number of halogens is 1. The van der Waals surface area contributed by atoms with Crippen LogP contribution in [0.5, 0.6) is 0 Å². The molecule has 2 atom stereocenters. The zero-order valence-electron chi connectivity index (χ0n) is 26.1. The van der Waals surface area contributed by atoms with Crippen LogP contribution in [0, 0.1) is 5.92 Å². The quantitative estimate of drug-likeness (QED) is 0.327. The van der Waals surface area contributed by atoms with Gasteiger partial charge < -0.3 is 18.8 Å². The van der Waals surface area contributed by atoms with Crippen molar-refractivity contribution in [2.45, 2.75) is 123 Å². The molecule has 3 aliphatic rings. The lowest BCUT2D eigenvalue weighted by molar-refractivity contribution is 0.00578. The second-order valence-electron chi connectivity index (χ2n) is 14.2. The number of imide groups is 1. The third-order valence-electron chi connectivity index (χ3n) is 8.03. The van der Waals surface area contributed by atoms with E-state index in [9.17, 15) is 9.59 Å². The molecule has 1 aromatic rings. The first-order valence-electron chi connectivity index (χ1n) is 14.4. The summed E-state index contributed by atoms with van der Waals surface area (Å²) in [6.45, 7) is 18.6. The van der Waals surface area contributed by atoms with E-state index in [-0.39, 0.29) is 11.1 Å². The number of amides is 2. The summed E-state index contributed by atoms with van der Waals surface area (Å²) in [6, 6.07) is 5.88. The van der Waals surface area contributed by atoms with Crippen molar-refractivity contribution in [2.75, 3.05) is 5.75 Å². The van der Waals surface area contributed by atoms with Gasteiger partial charge in [-0.15, -0.1) is 0 Å². The topological polar surface area (TPSA) is 86.7 Å². The van der Waals surface area contributed by atoms with E-state index in [1.165, 1.54) is 11.8 Å². The van der Waals surface area contributed by atoms with Crippen molar-refractivity contribution in [3.8, 4) is 0 Å². The fraction of sp³-hybridized carbons (Fsp3) is 0.700. The van der Waals surface area contributed by atoms with Crippen LogP contribution in [-0.4, -0.2) is 57.5 Å². The Kier molecular flexibility index (Phi) is 8.69. The number of rotatable bonds is 2. The number of carbonyl (C=O) groups excluding carboxylic acids is 2. The number of carbonyl (C=O) groups is 2. The van der Waals surface area contributed by atoms with Crippen molar-refractivity contribution >= 4 is 53.3 Å². The van der Waals surface area contributed by atoms with Gasteiger partial charge in [-0.2, -0.15) is 4.90 Å². The molecule has 8 nitrogen and oxygen atoms in total. The molecule has 0 radical (unpaired) electrons. The fourth-order valence-electron chi connectivity index (χ4n) is 5.36. The van der Waals surface area contributed by atoms with Crippen LogP contribution < -0.4 is 5.46 Å². The van der Waals surface area contributed by atoms with Crippen LogP contribution in [0.3, 0.4) is 0 Å². The Morgan fingerprint density at radius 2 is 1.54 bits per heavy atom. The molecule has 1 aromatic carbocycles. The lowest BCUT2D eigenvalue weighted by Crippen LogP contribution is -2.50. The predicted molar refractivity (Wildman–Crippen MR) is 165 cm³/mol. The van der Waals surface area contributed by atoms with E-state index in [2.05, 4.69) is 6.07 Å². The van der Waals surface area contributed by atoms with Gasteiger partial charge >= 0.3 is 19.3 Å². The molecule has 1 aliphatic carbocycles. The van der Waals surface area contributed by atoms with Gasteiger partial charge in [0.2, 0.25) is 0 Å². The molecule has 1 saturated heterocycles. The summed E-state index contributed by atoms with van der Waals surface area (Å²) >= 11 is 8.12. The highest BCUT2D eigenvalue weighted by Crippen LogP contribution is 2.50. The predicted octanol–water partition coefficient (Wildman–Crippen LogP) is 7.30. The molecule has 11 heteroatoms. The van der Waals surface area contributed by atoms with E-state index in [0.29, 0.717) is 10.8 Å². The maximum absolute atomic E-state index is 13.4. The summed E-state index contributed by atoms with van der Waals surface area (Å²) in [7, 11) is -0.586. The first kappa shape index (κ1) is 32.2. The molecule has 0 spiro atoms. The normalized spacial score (nSPS) is 25.7. The molecule has 0 unspecified atom stereocenters. The Morgan fingerprint density at radius 3 is 2.07 bits per heavy atom. The van der Waals surface area contributed by atoms with Gasteiger partial charge in [0.1, 0.15) is 11.2 Å². The van der Waals surface area contributed by atoms with Crippen LogP contribution in [0.15, 0.2) is 23.2 Å². The summed E-state index contributed by atoms with van der Waals surface area (Å²) < 4.78 is 24.0.